The first-order valence-corrected chi connectivity index (χ1v) is 6.41. The molecule has 1 aromatic rings. The number of ether oxygens (including phenoxy) is 1. The second kappa shape index (κ2) is 14.7. The topological polar surface area (TPSA) is 78.3 Å². The fourth-order valence-electron chi connectivity index (χ4n) is 0.713. The summed E-state index contributed by atoms with van der Waals surface area (Å²) in [7, 11) is 0. The average molecular weight is 260 g/mol. The molecule has 0 spiro atoms. The Morgan fingerprint density at radius 2 is 2.24 bits per heavy atom. The highest BCUT2D eigenvalue weighted by atomic mass is 32.1. The Morgan fingerprint density at radius 3 is 2.53 bits per heavy atom. The zero-order valence-electron chi connectivity index (χ0n) is 10.7. The van der Waals surface area contributed by atoms with Crippen LogP contribution in [-0.2, 0) is 4.74 Å². The van der Waals surface area contributed by atoms with Gasteiger partial charge in [0.1, 0.15) is 0 Å². The smallest absolute Gasteiger partial charge is 0.404 e. The molecule has 17 heavy (non-hydrogen) atoms. The third-order valence-electron chi connectivity index (χ3n) is 1.25. The van der Waals surface area contributed by atoms with Crippen molar-refractivity contribution in [2.24, 2.45) is 11.5 Å². The Hall–Kier alpha value is -1.33. The lowest BCUT2D eigenvalue weighted by Gasteiger charge is -1.89. The molecule has 1 heterocycles. The number of carbonyl (C=O) groups is 1. The molecule has 0 unspecified atom stereocenters. The number of primary amides is 1. The molecule has 0 aliphatic rings. The highest BCUT2D eigenvalue weighted by molar-refractivity contribution is 7.10. The minimum atomic E-state index is -0.711. The van der Waals surface area contributed by atoms with Gasteiger partial charge < -0.3 is 16.2 Å². The number of amides is 1. The monoisotopic (exact) mass is 260 g/mol. The molecule has 1 amide bonds. The molecule has 5 heteroatoms. The van der Waals surface area contributed by atoms with Gasteiger partial charge in [0.25, 0.3) is 0 Å². The van der Waals surface area contributed by atoms with E-state index in [1.165, 1.54) is 4.88 Å². The van der Waals surface area contributed by atoms with E-state index in [9.17, 15) is 4.79 Å². The first-order chi connectivity index (χ1) is 8.20. The van der Waals surface area contributed by atoms with E-state index in [0.29, 0.717) is 13.2 Å². The molecule has 0 bridgehead atoms. The van der Waals surface area contributed by atoms with Crippen LogP contribution in [0.25, 0.3) is 6.08 Å². The Morgan fingerprint density at radius 1 is 1.59 bits per heavy atom. The molecule has 0 atom stereocenters. The molecule has 0 aliphatic carbocycles. The SMILES string of the molecule is CC.CCOC(N)=O.NC/C=C/c1cccs1.[HH]. The van der Waals surface area contributed by atoms with Gasteiger partial charge in [0.2, 0.25) is 0 Å². The van der Waals surface area contributed by atoms with E-state index in [0.717, 1.165) is 0 Å². The van der Waals surface area contributed by atoms with Crippen molar-refractivity contribution in [3.8, 4) is 0 Å². The second-order valence-corrected chi connectivity index (χ2v) is 3.38. The van der Waals surface area contributed by atoms with E-state index < -0.39 is 6.09 Å². The number of hydrogen-bond donors (Lipinski definition) is 2. The molecule has 4 N–H and O–H groups in total. The van der Waals surface area contributed by atoms with Gasteiger partial charge in [-0.15, -0.1) is 11.3 Å². The molecule has 1 aromatic heterocycles. The van der Waals surface area contributed by atoms with Crippen molar-refractivity contribution >= 4 is 23.5 Å². The number of thiophene rings is 1. The van der Waals surface area contributed by atoms with Crippen molar-refractivity contribution in [2.75, 3.05) is 13.2 Å². The van der Waals surface area contributed by atoms with Crippen LogP contribution in [0.3, 0.4) is 0 Å². The summed E-state index contributed by atoms with van der Waals surface area (Å²) in [4.78, 5) is 10.9. The van der Waals surface area contributed by atoms with Crippen LogP contribution in [0, 0.1) is 0 Å². The van der Waals surface area contributed by atoms with E-state index >= 15 is 0 Å². The van der Waals surface area contributed by atoms with Crippen LogP contribution in [-0.4, -0.2) is 19.2 Å². The zero-order valence-corrected chi connectivity index (χ0v) is 11.5. The van der Waals surface area contributed by atoms with Crippen LogP contribution in [0.2, 0.25) is 0 Å². The summed E-state index contributed by atoms with van der Waals surface area (Å²) in [5.74, 6) is 0. The fraction of sp³-hybridized carbons (Fsp3) is 0.417. The number of carbonyl (C=O) groups excluding carboxylic acids is 1. The summed E-state index contributed by atoms with van der Waals surface area (Å²) < 4.78 is 4.18. The van der Waals surface area contributed by atoms with E-state index in [4.69, 9.17) is 5.73 Å². The quantitative estimate of drug-likeness (QED) is 0.876. The van der Waals surface area contributed by atoms with Gasteiger partial charge in [-0.2, -0.15) is 0 Å². The lowest BCUT2D eigenvalue weighted by Crippen LogP contribution is -2.11. The van der Waals surface area contributed by atoms with Gasteiger partial charge in [0, 0.05) is 12.8 Å². The van der Waals surface area contributed by atoms with Crippen LogP contribution in [0.4, 0.5) is 4.79 Å². The summed E-state index contributed by atoms with van der Waals surface area (Å²) in [6.45, 7) is 6.68. The number of rotatable bonds is 3. The fourth-order valence-corrected chi connectivity index (χ4v) is 1.36. The first kappa shape index (κ1) is 18.0. The maximum atomic E-state index is 9.60. The van der Waals surface area contributed by atoms with Crippen molar-refractivity contribution in [1.82, 2.24) is 0 Å². The van der Waals surface area contributed by atoms with Gasteiger partial charge in [-0.25, -0.2) is 4.79 Å². The van der Waals surface area contributed by atoms with E-state index in [1.54, 1.807) is 18.3 Å². The normalized spacial score (nSPS) is 8.71. The summed E-state index contributed by atoms with van der Waals surface area (Å²) in [5.41, 5.74) is 9.80. The molecule has 0 aromatic carbocycles. The maximum Gasteiger partial charge on any atom is 0.404 e. The van der Waals surface area contributed by atoms with Crippen molar-refractivity contribution < 1.29 is 11.0 Å². The Bertz CT molecular complexity index is 290. The van der Waals surface area contributed by atoms with Gasteiger partial charge in [-0.1, -0.05) is 26.0 Å². The molecular formula is C12H24N2O2S. The molecule has 1 rings (SSSR count). The van der Waals surface area contributed by atoms with Gasteiger partial charge >= 0.3 is 6.09 Å². The Kier molecular flexibility index (Phi) is 15.6. The predicted octanol–water partition coefficient (Wildman–Crippen LogP) is 3.09. The summed E-state index contributed by atoms with van der Waals surface area (Å²) in [6, 6.07) is 4.09. The third kappa shape index (κ3) is 14.7. The van der Waals surface area contributed by atoms with Gasteiger partial charge in [0.15, 0.2) is 0 Å². The maximum absolute atomic E-state index is 9.60. The highest BCUT2D eigenvalue weighted by Gasteiger charge is 1.82. The van der Waals surface area contributed by atoms with Gasteiger partial charge in [0.05, 0.1) is 6.61 Å². The van der Waals surface area contributed by atoms with Crippen LogP contribution >= 0.6 is 11.3 Å². The molecule has 0 saturated carbocycles. The lowest BCUT2D eigenvalue weighted by atomic mass is 10.4. The Labute approximate surface area is 109 Å². The summed E-state index contributed by atoms with van der Waals surface area (Å²) in [6.07, 6.45) is 3.27. The molecule has 0 fully saturated rings. The largest absolute Gasteiger partial charge is 0.450 e. The zero-order chi connectivity index (χ0) is 13.5. The minimum absolute atomic E-state index is 0. The van der Waals surface area contributed by atoms with Gasteiger partial charge in [-0.3, -0.25) is 0 Å². The van der Waals surface area contributed by atoms with Crippen molar-refractivity contribution in [3.05, 3.63) is 28.5 Å². The minimum Gasteiger partial charge on any atom is -0.450 e. The standard InChI is InChI=1S/C7H9NS.C3H7NO2.C2H6.H2/c8-5-1-3-7-4-2-6-9-7;1-2-6-3(4)5;1-2;/h1-4,6H,5,8H2;2H2,1H3,(H2,4,5);1-2H3;1H/b3-1+;;;. The van der Waals surface area contributed by atoms with Crippen LogP contribution in [0.1, 0.15) is 27.1 Å². The highest BCUT2D eigenvalue weighted by Crippen LogP contribution is 2.09. The average Bonchev–Trinajstić information content (AvgIpc) is 2.82. The van der Waals surface area contributed by atoms with Crippen LogP contribution < -0.4 is 11.5 Å². The number of hydrogen-bond acceptors (Lipinski definition) is 4. The summed E-state index contributed by atoms with van der Waals surface area (Å²) in [5, 5.41) is 2.05. The predicted molar refractivity (Wildman–Crippen MR) is 77.1 cm³/mol. The molecular weight excluding hydrogens is 236 g/mol. The van der Waals surface area contributed by atoms with Crippen LogP contribution in [0.15, 0.2) is 23.6 Å². The van der Waals surface area contributed by atoms with Crippen molar-refractivity contribution in [3.63, 3.8) is 0 Å². The number of nitrogens with two attached hydrogens (primary N) is 2. The molecule has 4 nitrogen and oxygen atoms in total. The van der Waals surface area contributed by atoms with Crippen molar-refractivity contribution in [2.45, 2.75) is 20.8 Å². The van der Waals surface area contributed by atoms with E-state index in [2.05, 4.69) is 21.9 Å². The Balaban J connectivity index is -0.000000222. The van der Waals surface area contributed by atoms with E-state index in [-0.39, 0.29) is 1.43 Å². The third-order valence-corrected chi connectivity index (χ3v) is 2.09. The lowest BCUT2D eigenvalue weighted by molar-refractivity contribution is 0.163. The molecule has 0 radical (unpaired) electrons. The molecule has 0 aliphatic heterocycles. The van der Waals surface area contributed by atoms with Gasteiger partial charge in [-0.05, 0) is 24.4 Å². The molecule has 100 valence electrons. The van der Waals surface area contributed by atoms with Crippen molar-refractivity contribution in [1.29, 1.82) is 0 Å². The summed E-state index contributed by atoms with van der Waals surface area (Å²) >= 11 is 1.72. The van der Waals surface area contributed by atoms with Crippen LogP contribution in [0.5, 0.6) is 0 Å². The second-order valence-electron chi connectivity index (χ2n) is 2.41. The van der Waals surface area contributed by atoms with E-state index in [1.807, 2.05) is 32.1 Å². The first-order valence-electron chi connectivity index (χ1n) is 5.53. The molecule has 0 saturated heterocycles.